The Balaban J connectivity index is 0.00000162. The van der Waals surface area contributed by atoms with Crippen LogP contribution in [0.25, 0.3) is 11.3 Å². The molecule has 19 heavy (non-hydrogen) atoms. The summed E-state index contributed by atoms with van der Waals surface area (Å²) in [7, 11) is 0. The van der Waals surface area contributed by atoms with Crippen LogP contribution in [0, 0.1) is 0 Å². The van der Waals surface area contributed by atoms with E-state index >= 15 is 0 Å². The molecule has 0 amide bonds. The van der Waals surface area contributed by atoms with Crippen molar-refractivity contribution < 1.29 is 0 Å². The van der Waals surface area contributed by atoms with E-state index in [1.54, 1.807) is 18.0 Å². The first-order chi connectivity index (χ1) is 8.42. The topological polar surface area (TPSA) is 38.7 Å². The summed E-state index contributed by atoms with van der Waals surface area (Å²) in [5, 5.41) is 1.04. The molecule has 0 saturated carbocycles. The van der Waals surface area contributed by atoms with Gasteiger partial charge < -0.3 is 0 Å². The zero-order valence-electron chi connectivity index (χ0n) is 11.3. The molecule has 1 radical (unpaired) electrons. The Kier molecular flexibility index (Phi) is 11.4. The molecular weight excluding hydrogens is 305 g/mol. The standard InChI is InChI=1S/C12H15N3S2.Na.H2S/c1-2-3-4-8-16-12-11(14-17-15-12)10-6-5-7-13-9-10;;/h5-7,9H,2-4,8H2,1H3;;1H2. The van der Waals surface area contributed by atoms with Crippen LogP contribution in [0.3, 0.4) is 0 Å². The van der Waals surface area contributed by atoms with Gasteiger partial charge in [-0.3, -0.25) is 4.98 Å². The van der Waals surface area contributed by atoms with E-state index in [1.165, 1.54) is 31.0 Å². The van der Waals surface area contributed by atoms with Gasteiger partial charge in [0.2, 0.25) is 0 Å². The van der Waals surface area contributed by atoms with E-state index in [-0.39, 0.29) is 43.1 Å². The maximum atomic E-state index is 4.36. The average molecular weight is 322 g/mol. The van der Waals surface area contributed by atoms with Crippen molar-refractivity contribution in [2.75, 3.05) is 5.75 Å². The number of hydrogen-bond acceptors (Lipinski definition) is 5. The number of unbranched alkanes of at least 4 members (excludes halogenated alkanes) is 2. The number of aromatic nitrogens is 3. The predicted octanol–water partition coefficient (Wildman–Crippen LogP) is 3.61. The van der Waals surface area contributed by atoms with Gasteiger partial charge in [-0.05, 0) is 24.3 Å². The van der Waals surface area contributed by atoms with Crippen LogP contribution in [0.4, 0.5) is 0 Å². The Hall–Kier alpha value is 0.410. The normalized spacial score (nSPS) is 9.53. The summed E-state index contributed by atoms with van der Waals surface area (Å²) in [6.07, 6.45) is 7.40. The minimum absolute atomic E-state index is 0. The molecule has 0 fully saturated rings. The molecule has 99 valence electrons. The predicted molar refractivity (Wildman–Crippen MR) is 89.5 cm³/mol. The van der Waals surface area contributed by atoms with E-state index in [4.69, 9.17) is 0 Å². The fraction of sp³-hybridized carbons (Fsp3) is 0.417. The molecule has 0 spiro atoms. The van der Waals surface area contributed by atoms with Crippen LogP contribution < -0.4 is 0 Å². The summed E-state index contributed by atoms with van der Waals surface area (Å²) in [6.45, 7) is 2.22. The number of nitrogens with zero attached hydrogens (tertiary/aromatic N) is 3. The first-order valence-corrected chi connectivity index (χ1v) is 7.49. The van der Waals surface area contributed by atoms with Gasteiger partial charge in [-0.25, -0.2) is 0 Å². The van der Waals surface area contributed by atoms with Gasteiger partial charge >= 0.3 is 0 Å². The first-order valence-electron chi connectivity index (χ1n) is 5.77. The zero-order valence-corrected chi connectivity index (χ0v) is 15.9. The second-order valence-corrected chi connectivity index (χ2v) is 5.33. The fourth-order valence-corrected chi connectivity index (χ4v) is 3.16. The zero-order chi connectivity index (χ0) is 11.9. The second kappa shape index (κ2) is 11.1. The molecule has 0 aliphatic rings. The summed E-state index contributed by atoms with van der Waals surface area (Å²) in [4.78, 5) is 4.12. The van der Waals surface area contributed by atoms with Crippen molar-refractivity contribution in [3.8, 4) is 11.3 Å². The van der Waals surface area contributed by atoms with Gasteiger partial charge in [0.25, 0.3) is 0 Å². The second-order valence-electron chi connectivity index (χ2n) is 3.72. The van der Waals surface area contributed by atoms with Gasteiger partial charge in [-0.1, -0.05) is 19.8 Å². The van der Waals surface area contributed by atoms with E-state index in [1.807, 2.05) is 18.3 Å². The third kappa shape index (κ3) is 6.14. The smallest absolute Gasteiger partial charge is 0.138 e. The fourth-order valence-electron chi connectivity index (χ4n) is 1.48. The number of hydrogen-bond donors (Lipinski definition) is 0. The minimum atomic E-state index is 0. The van der Waals surface area contributed by atoms with Gasteiger partial charge in [0, 0.05) is 47.5 Å². The molecule has 0 N–H and O–H groups in total. The Bertz CT molecular complexity index is 450. The van der Waals surface area contributed by atoms with E-state index in [0.717, 1.165) is 22.0 Å². The van der Waals surface area contributed by atoms with Gasteiger partial charge in [-0.15, -0.1) is 11.8 Å². The van der Waals surface area contributed by atoms with Crippen LogP contribution in [0.2, 0.25) is 0 Å². The van der Waals surface area contributed by atoms with Crippen molar-refractivity contribution in [2.45, 2.75) is 31.2 Å². The van der Waals surface area contributed by atoms with E-state index < -0.39 is 0 Å². The Morgan fingerprint density at radius 1 is 1.26 bits per heavy atom. The number of pyridine rings is 1. The molecule has 2 rings (SSSR count). The number of rotatable bonds is 6. The van der Waals surface area contributed by atoms with Crippen molar-refractivity contribution in [3.63, 3.8) is 0 Å². The van der Waals surface area contributed by atoms with Gasteiger partial charge in [-0.2, -0.15) is 22.2 Å². The summed E-state index contributed by atoms with van der Waals surface area (Å²) < 4.78 is 8.71. The maximum Gasteiger partial charge on any atom is 0.138 e. The average Bonchev–Trinajstić information content (AvgIpc) is 2.84. The molecule has 2 heterocycles. The monoisotopic (exact) mass is 322 g/mol. The van der Waals surface area contributed by atoms with E-state index in [2.05, 4.69) is 20.7 Å². The maximum absolute atomic E-state index is 4.36. The Labute approximate surface area is 152 Å². The molecule has 0 aromatic carbocycles. The van der Waals surface area contributed by atoms with Crippen molar-refractivity contribution >= 4 is 66.5 Å². The van der Waals surface area contributed by atoms with Gasteiger partial charge in [0.05, 0.1) is 11.7 Å². The molecule has 2 aromatic heterocycles. The van der Waals surface area contributed by atoms with E-state index in [9.17, 15) is 0 Å². The summed E-state index contributed by atoms with van der Waals surface area (Å²) in [5.74, 6) is 1.12. The first kappa shape index (κ1) is 19.4. The molecular formula is C12H17N3NaS3. The van der Waals surface area contributed by atoms with Crippen LogP contribution >= 0.6 is 37.0 Å². The van der Waals surface area contributed by atoms with Crippen molar-refractivity contribution in [1.29, 1.82) is 0 Å². The Morgan fingerprint density at radius 3 is 2.79 bits per heavy atom. The van der Waals surface area contributed by atoms with Gasteiger partial charge in [0.15, 0.2) is 0 Å². The van der Waals surface area contributed by atoms with Crippen LogP contribution in [0.15, 0.2) is 29.6 Å². The summed E-state index contributed by atoms with van der Waals surface area (Å²) >= 11 is 3.07. The SMILES string of the molecule is CCCCCSc1nsnc1-c1cccnc1.S.[Na]. The third-order valence-electron chi connectivity index (χ3n) is 2.38. The summed E-state index contributed by atoms with van der Waals surface area (Å²) in [6, 6.07) is 3.96. The molecule has 2 aromatic rings. The van der Waals surface area contributed by atoms with Crippen LogP contribution in [-0.4, -0.2) is 49.0 Å². The van der Waals surface area contributed by atoms with Crippen LogP contribution in [-0.2, 0) is 0 Å². The minimum Gasteiger partial charge on any atom is -0.264 e. The number of thioether (sulfide) groups is 1. The summed E-state index contributed by atoms with van der Waals surface area (Å²) in [5.41, 5.74) is 2.03. The van der Waals surface area contributed by atoms with Crippen LogP contribution in [0.1, 0.15) is 26.2 Å². The van der Waals surface area contributed by atoms with Crippen molar-refractivity contribution in [1.82, 2.24) is 13.7 Å². The van der Waals surface area contributed by atoms with Gasteiger partial charge in [0.1, 0.15) is 10.7 Å². The van der Waals surface area contributed by atoms with Crippen molar-refractivity contribution in [3.05, 3.63) is 24.5 Å². The molecule has 0 saturated heterocycles. The Morgan fingerprint density at radius 2 is 2.11 bits per heavy atom. The largest absolute Gasteiger partial charge is 0.264 e. The molecule has 0 unspecified atom stereocenters. The molecule has 0 atom stereocenters. The van der Waals surface area contributed by atoms with Crippen molar-refractivity contribution in [2.24, 2.45) is 0 Å². The molecule has 7 heteroatoms. The molecule has 3 nitrogen and oxygen atoms in total. The van der Waals surface area contributed by atoms with E-state index in [0.29, 0.717) is 0 Å². The molecule has 0 aliphatic carbocycles. The van der Waals surface area contributed by atoms with Crippen LogP contribution in [0.5, 0.6) is 0 Å². The molecule has 0 aliphatic heterocycles. The quantitative estimate of drug-likeness (QED) is 0.462. The molecule has 0 bridgehead atoms. The third-order valence-corrected chi connectivity index (χ3v) is 4.07.